The lowest BCUT2D eigenvalue weighted by molar-refractivity contribution is -0.134. The highest BCUT2D eigenvalue weighted by Crippen LogP contribution is 2.59. The number of carbonyl (C=O) groups excluding carboxylic acids is 2. The van der Waals surface area contributed by atoms with Crippen molar-refractivity contribution in [2.45, 2.75) is 82.5 Å². The van der Waals surface area contributed by atoms with Crippen LogP contribution >= 0.6 is 0 Å². The molecule has 0 aromatic heterocycles. The lowest BCUT2D eigenvalue weighted by Gasteiger charge is -2.43. The lowest BCUT2D eigenvalue weighted by Crippen LogP contribution is -2.57. The number of piperazine rings is 1. The third-order valence-electron chi connectivity index (χ3n) is 7.73. The molecule has 1 saturated carbocycles. The van der Waals surface area contributed by atoms with Crippen molar-refractivity contribution in [1.29, 1.82) is 0 Å². The maximum Gasteiger partial charge on any atom is 0.410 e. The topological polar surface area (TPSA) is 110 Å². The van der Waals surface area contributed by atoms with E-state index in [4.69, 9.17) is 24.7 Å². The third-order valence-corrected chi connectivity index (χ3v) is 7.73. The van der Waals surface area contributed by atoms with Crippen LogP contribution in [0.3, 0.4) is 0 Å². The van der Waals surface area contributed by atoms with Crippen molar-refractivity contribution in [1.82, 2.24) is 9.80 Å². The minimum Gasteiger partial charge on any atom is -0.443 e. The van der Waals surface area contributed by atoms with Gasteiger partial charge in [0.2, 0.25) is 5.91 Å². The average molecular weight is 466 g/mol. The normalized spacial score (nSPS) is 38.6. The molecule has 3 saturated heterocycles. The van der Waals surface area contributed by atoms with E-state index in [0.717, 1.165) is 12.8 Å². The Bertz CT molecular complexity index is 785. The third kappa shape index (κ3) is 4.78. The summed E-state index contributed by atoms with van der Waals surface area (Å²) in [4.78, 5) is 28.5. The molecule has 186 valence electrons. The number of hydrogen-bond acceptors (Lipinski definition) is 7. The van der Waals surface area contributed by atoms with Gasteiger partial charge in [0.1, 0.15) is 23.4 Å². The summed E-state index contributed by atoms with van der Waals surface area (Å²) in [5, 5.41) is 0. The fourth-order valence-corrected chi connectivity index (χ4v) is 5.67. The fourth-order valence-electron chi connectivity index (χ4n) is 5.67. The van der Waals surface area contributed by atoms with Crippen molar-refractivity contribution in [3.63, 3.8) is 0 Å². The molecule has 9 nitrogen and oxygen atoms in total. The van der Waals surface area contributed by atoms with Gasteiger partial charge in [-0.3, -0.25) is 4.79 Å². The molecule has 4 rings (SSSR count). The summed E-state index contributed by atoms with van der Waals surface area (Å²) in [6, 6.07) is -0.534. The first-order valence-corrected chi connectivity index (χ1v) is 12.1. The zero-order valence-corrected chi connectivity index (χ0v) is 20.5. The van der Waals surface area contributed by atoms with Gasteiger partial charge in [0.05, 0.1) is 24.7 Å². The number of amides is 2. The van der Waals surface area contributed by atoms with Crippen LogP contribution in [0.1, 0.15) is 47.0 Å². The van der Waals surface area contributed by atoms with Gasteiger partial charge in [0, 0.05) is 33.3 Å². The SMILES string of the molecule is CO[C@@H]1[C@H](OC(=O)N2CCN(C(=O)[C@H](C)N)CC2)CC[C@]2(CO2)[C@H]1[C@]1(C)O[C@@H]1CC=C(C)C. The summed E-state index contributed by atoms with van der Waals surface area (Å²) >= 11 is 0. The van der Waals surface area contributed by atoms with Crippen LogP contribution in [0.5, 0.6) is 0 Å². The van der Waals surface area contributed by atoms with Crippen molar-refractivity contribution in [3.8, 4) is 0 Å². The molecule has 33 heavy (non-hydrogen) atoms. The van der Waals surface area contributed by atoms with Crippen molar-refractivity contribution >= 4 is 12.0 Å². The van der Waals surface area contributed by atoms with Gasteiger partial charge in [-0.1, -0.05) is 11.6 Å². The van der Waals surface area contributed by atoms with Gasteiger partial charge >= 0.3 is 6.09 Å². The van der Waals surface area contributed by atoms with E-state index in [2.05, 4.69) is 26.8 Å². The zero-order valence-electron chi connectivity index (χ0n) is 20.5. The van der Waals surface area contributed by atoms with E-state index < -0.39 is 6.04 Å². The first-order chi connectivity index (χ1) is 15.6. The van der Waals surface area contributed by atoms with Crippen LogP contribution in [0.2, 0.25) is 0 Å². The van der Waals surface area contributed by atoms with Crippen LogP contribution in [0.4, 0.5) is 4.79 Å². The largest absolute Gasteiger partial charge is 0.443 e. The van der Waals surface area contributed by atoms with Crippen LogP contribution in [0.25, 0.3) is 0 Å². The average Bonchev–Trinajstić information content (AvgIpc) is 3.70. The number of epoxide rings is 2. The summed E-state index contributed by atoms with van der Waals surface area (Å²) in [7, 11) is 1.68. The molecular formula is C24H39N3O6. The van der Waals surface area contributed by atoms with Crippen LogP contribution in [-0.2, 0) is 23.7 Å². The van der Waals surface area contributed by atoms with Gasteiger partial charge in [0.25, 0.3) is 0 Å². The Kier molecular flexibility index (Phi) is 6.79. The molecule has 3 heterocycles. The highest BCUT2D eigenvalue weighted by Gasteiger charge is 2.72. The molecule has 2 amide bonds. The van der Waals surface area contributed by atoms with Gasteiger partial charge in [-0.25, -0.2) is 4.79 Å². The Morgan fingerprint density at radius 2 is 1.85 bits per heavy atom. The highest BCUT2D eigenvalue weighted by molar-refractivity contribution is 5.81. The summed E-state index contributed by atoms with van der Waals surface area (Å²) in [6.45, 7) is 10.5. The summed E-state index contributed by atoms with van der Waals surface area (Å²) in [6.07, 6.45) is 3.67. The Labute approximate surface area is 196 Å². The minimum atomic E-state index is -0.534. The van der Waals surface area contributed by atoms with E-state index in [0.29, 0.717) is 39.2 Å². The lowest BCUT2D eigenvalue weighted by atomic mass is 9.68. The van der Waals surface area contributed by atoms with E-state index in [9.17, 15) is 9.59 Å². The molecule has 0 aromatic carbocycles. The number of nitrogens with two attached hydrogens (primary N) is 1. The van der Waals surface area contributed by atoms with Gasteiger partial charge in [-0.2, -0.15) is 0 Å². The fraction of sp³-hybridized carbons (Fsp3) is 0.833. The number of hydrogen-bond donors (Lipinski definition) is 1. The monoisotopic (exact) mass is 465 g/mol. The second-order valence-electron chi connectivity index (χ2n) is 10.4. The minimum absolute atomic E-state index is 0.00220. The molecule has 7 atom stereocenters. The second-order valence-corrected chi connectivity index (χ2v) is 10.4. The molecule has 0 unspecified atom stereocenters. The Balaban J connectivity index is 1.39. The maximum atomic E-state index is 13.0. The van der Waals surface area contributed by atoms with Crippen LogP contribution < -0.4 is 5.73 Å². The molecule has 0 radical (unpaired) electrons. The number of methoxy groups -OCH3 is 1. The highest BCUT2D eigenvalue weighted by atomic mass is 16.6. The first kappa shape index (κ1) is 24.4. The maximum absolute atomic E-state index is 13.0. The predicted octanol–water partition coefficient (Wildman–Crippen LogP) is 1.69. The van der Waals surface area contributed by atoms with E-state index >= 15 is 0 Å². The summed E-state index contributed by atoms with van der Waals surface area (Å²) in [5.41, 5.74) is 6.37. The molecule has 1 aliphatic carbocycles. The molecule has 3 aliphatic heterocycles. The van der Waals surface area contributed by atoms with Crippen molar-refractivity contribution in [3.05, 3.63) is 11.6 Å². The molecule has 2 N–H and O–H groups in total. The number of allylic oxidation sites excluding steroid dienone is 1. The smallest absolute Gasteiger partial charge is 0.410 e. The molecule has 9 heteroatoms. The standard InChI is InChI=1S/C24H39N3O6/c1-15(2)6-7-18-23(4,33-18)20-19(30-5)17(8-9-24(20)14-31-24)32-22(29)27-12-10-26(11-13-27)21(28)16(3)25/h6,16-20H,7-14,25H2,1-5H3/t16-,17+,18+,19+,20+,23+,24-/m0/s1. The number of carbonyl (C=O) groups is 2. The zero-order chi connectivity index (χ0) is 24.0. The van der Waals surface area contributed by atoms with E-state index in [1.54, 1.807) is 23.8 Å². The van der Waals surface area contributed by atoms with E-state index in [1.807, 2.05) is 0 Å². The van der Waals surface area contributed by atoms with Gasteiger partial charge in [-0.15, -0.1) is 0 Å². The molecule has 1 spiro atoms. The van der Waals surface area contributed by atoms with E-state index in [1.165, 1.54) is 5.57 Å². The van der Waals surface area contributed by atoms with Crippen LogP contribution in [0.15, 0.2) is 11.6 Å². The van der Waals surface area contributed by atoms with Gasteiger partial charge < -0.3 is 34.5 Å². The number of nitrogens with zero attached hydrogens (tertiary/aromatic N) is 2. The quantitative estimate of drug-likeness (QED) is 0.469. The predicted molar refractivity (Wildman–Crippen MR) is 122 cm³/mol. The van der Waals surface area contributed by atoms with Crippen molar-refractivity contribution in [2.75, 3.05) is 39.9 Å². The van der Waals surface area contributed by atoms with Gasteiger partial charge in [-0.05, 0) is 47.0 Å². The first-order valence-electron chi connectivity index (χ1n) is 12.1. The Hall–Kier alpha value is -1.68. The Morgan fingerprint density at radius 1 is 1.21 bits per heavy atom. The number of ether oxygens (including phenoxy) is 4. The second kappa shape index (κ2) is 9.17. The summed E-state index contributed by atoms with van der Waals surface area (Å²) in [5.74, 6) is -0.0923. The van der Waals surface area contributed by atoms with Crippen LogP contribution in [0, 0.1) is 5.92 Å². The molecular weight excluding hydrogens is 426 g/mol. The number of rotatable bonds is 6. The van der Waals surface area contributed by atoms with Gasteiger partial charge in [0.15, 0.2) is 0 Å². The molecule has 4 fully saturated rings. The molecule has 0 aromatic rings. The van der Waals surface area contributed by atoms with Crippen molar-refractivity contribution in [2.24, 2.45) is 11.7 Å². The van der Waals surface area contributed by atoms with Crippen molar-refractivity contribution < 1.29 is 28.5 Å². The summed E-state index contributed by atoms with van der Waals surface area (Å²) < 4.78 is 24.1. The molecule has 4 aliphatic rings. The molecule has 0 bridgehead atoms. The van der Waals surface area contributed by atoms with E-state index in [-0.39, 0.29) is 47.4 Å². The Morgan fingerprint density at radius 3 is 2.39 bits per heavy atom. The van der Waals surface area contributed by atoms with Crippen LogP contribution in [-0.4, -0.2) is 97.3 Å².